The van der Waals surface area contributed by atoms with Gasteiger partial charge in [0.1, 0.15) is 0 Å². The Morgan fingerprint density at radius 2 is 0.968 bits per heavy atom. The Hall–Kier alpha value is -7.04. The lowest BCUT2D eigenvalue weighted by Crippen LogP contribution is -2.12. The first-order valence-electron chi connectivity index (χ1n) is 21.5. The van der Waals surface area contributed by atoms with Crippen molar-refractivity contribution in [2.75, 3.05) is 4.90 Å². The van der Waals surface area contributed by atoms with Crippen LogP contribution in [0.1, 0.15) is 18.9 Å². The van der Waals surface area contributed by atoms with Gasteiger partial charge in [0.05, 0.1) is 11.4 Å². The Kier molecular flexibility index (Phi) is 8.99. The van der Waals surface area contributed by atoms with E-state index in [4.69, 9.17) is 0 Å². The molecule has 11 aromatic rings. The van der Waals surface area contributed by atoms with Crippen molar-refractivity contribution in [1.29, 1.82) is 0 Å². The average Bonchev–Trinajstić information content (AvgIpc) is 3.91. The van der Waals surface area contributed by atoms with E-state index in [9.17, 15) is 0 Å². The number of para-hydroxylation sites is 2. The molecule has 0 saturated carbocycles. The normalized spacial score (nSPS) is 14.0. The van der Waals surface area contributed by atoms with Crippen LogP contribution in [0.3, 0.4) is 0 Å². The van der Waals surface area contributed by atoms with Crippen LogP contribution in [0.15, 0.2) is 212 Å². The number of thiophene rings is 2. The zero-order valence-corrected chi connectivity index (χ0v) is 35.9. The number of anilines is 3. The van der Waals surface area contributed by atoms with Crippen LogP contribution in [-0.2, 0) is 0 Å². The highest BCUT2D eigenvalue weighted by molar-refractivity contribution is 7.26. The van der Waals surface area contributed by atoms with Crippen molar-refractivity contribution in [3.8, 4) is 33.4 Å². The summed E-state index contributed by atoms with van der Waals surface area (Å²) in [5.74, 6) is 0.493. The molecule has 0 amide bonds. The van der Waals surface area contributed by atoms with E-state index >= 15 is 0 Å². The molecule has 0 spiro atoms. The number of rotatable bonds is 7. The SMILES string of the molecule is CC1C=C(c2cccc3cccc(-c4ccccc4N(c4cccc(-c5cccc6c5sc5ccccc56)c4)c4ccccc4-c4cccc5c4sc4ccccc45)c23)C=CC1. The third-order valence-electron chi connectivity index (χ3n) is 12.6. The first-order valence-corrected chi connectivity index (χ1v) is 23.1. The summed E-state index contributed by atoms with van der Waals surface area (Å²) in [6.07, 6.45) is 8.16. The molecule has 1 aliphatic rings. The minimum atomic E-state index is 0.493. The highest BCUT2D eigenvalue weighted by Crippen LogP contribution is 2.50. The molecule has 0 N–H and O–H groups in total. The number of allylic oxidation sites excluding steroid dienone is 4. The molecule has 2 aromatic heterocycles. The van der Waals surface area contributed by atoms with Gasteiger partial charge in [0, 0.05) is 62.7 Å². The van der Waals surface area contributed by atoms with E-state index in [2.05, 4.69) is 224 Å². The van der Waals surface area contributed by atoms with Crippen LogP contribution >= 0.6 is 22.7 Å². The Morgan fingerprint density at radius 1 is 0.452 bits per heavy atom. The third-order valence-corrected chi connectivity index (χ3v) is 15.0. The van der Waals surface area contributed by atoms with Gasteiger partial charge in [-0.3, -0.25) is 0 Å². The van der Waals surface area contributed by atoms with Gasteiger partial charge in [-0.2, -0.15) is 0 Å². The van der Waals surface area contributed by atoms with Crippen molar-refractivity contribution < 1.29 is 0 Å². The topological polar surface area (TPSA) is 3.24 Å². The molecule has 0 radical (unpaired) electrons. The van der Waals surface area contributed by atoms with Crippen molar-refractivity contribution in [2.24, 2.45) is 5.92 Å². The van der Waals surface area contributed by atoms with E-state index in [0.717, 1.165) is 23.5 Å². The Morgan fingerprint density at radius 3 is 1.66 bits per heavy atom. The number of hydrogen-bond acceptors (Lipinski definition) is 3. The van der Waals surface area contributed by atoms with E-state index in [1.807, 2.05) is 22.7 Å². The van der Waals surface area contributed by atoms with E-state index in [0.29, 0.717) is 5.92 Å². The molecule has 62 heavy (non-hydrogen) atoms. The standard InChI is InChI=1S/C59H41NS2/c1-38-16-10-19-40(36-38)43-26-12-17-39-18-13-28-49(57(39)43)45-22-2-6-32-53(45)60(42-21-11-20-41(37-42)44-27-14-30-51-47-24-4-8-34-55(47)61-58(44)51)54-33-7-3-23-46(54)50-29-15-31-52-48-25-5-9-35-56(48)62-59(50)52/h2-15,17-38H,16H2,1H3. The maximum absolute atomic E-state index is 2.52. The van der Waals surface area contributed by atoms with Crippen molar-refractivity contribution in [2.45, 2.75) is 13.3 Å². The van der Waals surface area contributed by atoms with Crippen LogP contribution in [-0.4, -0.2) is 0 Å². The van der Waals surface area contributed by atoms with Crippen LogP contribution in [0.5, 0.6) is 0 Å². The Bertz CT molecular complexity index is 3590. The number of nitrogens with zero attached hydrogens (tertiary/aromatic N) is 1. The fourth-order valence-electron chi connectivity index (χ4n) is 9.77. The molecule has 294 valence electrons. The van der Waals surface area contributed by atoms with Gasteiger partial charge in [0.15, 0.2) is 0 Å². The zero-order chi connectivity index (χ0) is 41.1. The van der Waals surface area contributed by atoms with Gasteiger partial charge in [-0.25, -0.2) is 0 Å². The second-order valence-electron chi connectivity index (χ2n) is 16.4. The first-order chi connectivity index (χ1) is 30.7. The first kappa shape index (κ1) is 36.8. The van der Waals surface area contributed by atoms with E-state index in [1.54, 1.807) is 0 Å². The molecule has 0 saturated heterocycles. The van der Waals surface area contributed by atoms with Gasteiger partial charge in [-0.15, -0.1) is 22.7 Å². The van der Waals surface area contributed by atoms with Crippen molar-refractivity contribution >= 4 is 96.4 Å². The predicted octanol–water partition coefficient (Wildman–Crippen LogP) is 18.0. The Balaban J connectivity index is 1.12. The fourth-order valence-corrected chi connectivity index (χ4v) is 12.2. The molecule has 1 atom stereocenters. The summed E-state index contributed by atoms with van der Waals surface area (Å²) in [6.45, 7) is 2.31. The van der Waals surface area contributed by atoms with Crippen LogP contribution in [0.25, 0.3) is 90.1 Å². The number of benzene rings is 9. The molecule has 3 heteroatoms. The van der Waals surface area contributed by atoms with Gasteiger partial charge in [0.2, 0.25) is 0 Å². The highest BCUT2D eigenvalue weighted by Gasteiger charge is 2.24. The van der Waals surface area contributed by atoms with Crippen molar-refractivity contribution in [3.63, 3.8) is 0 Å². The molecule has 2 heterocycles. The molecule has 1 aliphatic carbocycles. The maximum Gasteiger partial charge on any atom is 0.0540 e. The summed E-state index contributed by atoms with van der Waals surface area (Å²) in [7, 11) is 0. The lowest BCUT2D eigenvalue weighted by atomic mass is 9.87. The predicted molar refractivity (Wildman–Crippen MR) is 272 cm³/mol. The minimum absolute atomic E-state index is 0.493. The quantitative estimate of drug-likeness (QED) is 0.155. The summed E-state index contributed by atoms with van der Waals surface area (Å²) in [4.78, 5) is 2.52. The zero-order valence-electron chi connectivity index (χ0n) is 34.3. The highest BCUT2D eigenvalue weighted by atomic mass is 32.1. The summed E-state index contributed by atoms with van der Waals surface area (Å²) in [5.41, 5.74) is 13.2. The smallest absolute Gasteiger partial charge is 0.0540 e. The van der Waals surface area contributed by atoms with Crippen LogP contribution in [0, 0.1) is 5.92 Å². The Labute approximate surface area is 369 Å². The summed E-state index contributed by atoms with van der Waals surface area (Å²) in [6, 6.07) is 72.0. The molecule has 0 fully saturated rings. The van der Waals surface area contributed by atoms with Gasteiger partial charge in [-0.1, -0.05) is 183 Å². The number of fused-ring (bicyclic) bond motifs is 7. The second-order valence-corrected chi connectivity index (χ2v) is 18.5. The van der Waals surface area contributed by atoms with Gasteiger partial charge < -0.3 is 4.90 Å². The molecule has 9 aromatic carbocycles. The van der Waals surface area contributed by atoms with Crippen LogP contribution < -0.4 is 4.90 Å². The number of hydrogen-bond donors (Lipinski definition) is 0. The maximum atomic E-state index is 2.52. The van der Waals surface area contributed by atoms with Gasteiger partial charge in [0.25, 0.3) is 0 Å². The molecule has 0 aliphatic heterocycles. The minimum Gasteiger partial charge on any atom is -0.309 e. The van der Waals surface area contributed by atoms with Crippen molar-refractivity contribution in [1.82, 2.24) is 0 Å². The lowest BCUT2D eigenvalue weighted by molar-refractivity contribution is 0.740. The molecule has 0 bridgehead atoms. The molecule has 12 rings (SSSR count). The third kappa shape index (κ3) is 6.11. The molecular weight excluding hydrogens is 787 g/mol. The van der Waals surface area contributed by atoms with Gasteiger partial charge in [-0.05, 0) is 87.3 Å². The van der Waals surface area contributed by atoms with Crippen molar-refractivity contribution in [3.05, 3.63) is 218 Å². The van der Waals surface area contributed by atoms with Crippen LogP contribution in [0.2, 0.25) is 0 Å². The van der Waals surface area contributed by atoms with Gasteiger partial charge >= 0.3 is 0 Å². The molecule has 1 nitrogen and oxygen atoms in total. The summed E-state index contributed by atoms with van der Waals surface area (Å²) >= 11 is 3.77. The average molecular weight is 828 g/mol. The lowest BCUT2D eigenvalue weighted by Gasteiger charge is -2.30. The molecule has 1 unspecified atom stereocenters. The van der Waals surface area contributed by atoms with Crippen LogP contribution in [0.4, 0.5) is 17.1 Å². The van der Waals surface area contributed by atoms with E-state index in [-0.39, 0.29) is 0 Å². The monoisotopic (exact) mass is 827 g/mol. The molecular formula is C59H41NS2. The van der Waals surface area contributed by atoms with E-state index < -0.39 is 0 Å². The largest absolute Gasteiger partial charge is 0.309 e. The summed E-state index contributed by atoms with van der Waals surface area (Å²) < 4.78 is 5.25. The van der Waals surface area contributed by atoms with E-state index in [1.165, 1.54) is 95.6 Å². The second kappa shape index (κ2) is 15.1. The summed E-state index contributed by atoms with van der Waals surface area (Å²) in [5, 5.41) is 7.74. The fraction of sp³-hybridized carbons (Fsp3) is 0.0508.